The van der Waals surface area contributed by atoms with Crippen LogP contribution in [0.3, 0.4) is 0 Å². The van der Waals surface area contributed by atoms with Gasteiger partial charge in [-0.15, -0.1) is 0 Å². The molecule has 2 aromatic rings. The molecule has 2 aliphatic heterocycles. The maximum atomic E-state index is 13.1. The largest absolute Gasteiger partial charge is 0.494 e. The molecule has 8 nitrogen and oxygen atoms in total. The molecule has 2 aliphatic carbocycles. The molecule has 8 heteroatoms. The van der Waals surface area contributed by atoms with Crippen molar-refractivity contribution in [3.8, 4) is 11.5 Å². The van der Waals surface area contributed by atoms with E-state index in [9.17, 15) is 19.2 Å². The van der Waals surface area contributed by atoms with Crippen LogP contribution in [0.15, 0.2) is 54.6 Å². The number of carbonyl (C=O) groups excluding carboxylic acids is 4. The summed E-state index contributed by atoms with van der Waals surface area (Å²) in [4.78, 5) is 54.7. The Morgan fingerprint density at radius 3 is 2.22 bits per heavy atom. The molecule has 0 spiro atoms. The van der Waals surface area contributed by atoms with Gasteiger partial charge in [-0.1, -0.05) is 12.2 Å². The average Bonchev–Trinajstić information content (AvgIpc) is 3.64. The lowest BCUT2D eigenvalue weighted by Crippen LogP contribution is -2.33. The number of hydrogen-bond acceptors (Lipinski definition) is 6. The highest BCUT2D eigenvalue weighted by atomic mass is 16.5. The lowest BCUT2D eigenvalue weighted by Gasteiger charge is -2.20. The Morgan fingerprint density at radius 1 is 0.946 bits per heavy atom. The lowest BCUT2D eigenvalue weighted by molar-refractivity contribution is -0.139. The van der Waals surface area contributed by atoms with Crippen LogP contribution in [0.4, 0.5) is 11.4 Å². The minimum Gasteiger partial charge on any atom is -0.494 e. The fraction of sp³-hybridized carbons (Fsp3) is 0.379. The molecule has 3 amide bonds. The monoisotopic (exact) mass is 500 g/mol. The van der Waals surface area contributed by atoms with Crippen molar-refractivity contribution in [3.05, 3.63) is 60.2 Å². The quantitative estimate of drug-likeness (QED) is 0.260. The summed E-state index contributed by atoms with van der Waals surface area (Å²) in [5.41, 5.74) is 1.91. The number of anilines is 2. The van der Waals surface area contributed by atoms with Gasteiger partial charge in [0.1, 0.15) is 11.5 Å². The second-order valence-corrected chi connectivity index (χ2v) is 10.2. The summed E-state index contributed by atoms with van der Waals surface area (Å²) in [5, 5.41) is 0. The summed E-state index contributed by atoms with van der Waals surface area (Å²) in [5.74, 6) is -0.703. The van der Waals surface area contributed by atoms with E-state index in [0.29, 0.717) is 29.3 Å². The number of benzene rings is 2. The third-order valence-corrected chi connectivity index (χ3v) is 8.02. The predicted octanol–water partition coefficient (Wildman–Crippen LogP) is 3.66. The summed E-state index contributed by atoms with van der Waals surface area (Å²) in [6.07, 6.45) is 5.09. The maximum absolute atomic E-state index is 13.1. The van der Waals surface area contributed by atoms with Crippen LogP contribution >= 0.6 is 0 Å². The molecule has 3 fully saturated rings. The van der Waals surface area contributed by atoms with Gasteiger partial charge in [0.05, 0.1) is 30.0 Å². The molecular weight excluding hydrogens is 472 g/mol. The first-order valence-corrected chi connectivity index (χ1v) is 12.8. The fourth-order valence-corrected chi connectivity index (χ4v) is 6.29. The van der Waals surface area contributed by atoms with E-state index in [1.54, 1.807) is 54.3 Å². The van der Waals surface area contributed by atoms with Crippen molar-refractivity contribution in [3.63, 3.8) is 0 Å². The van der Waals surface area contributed by atoms with E-state index >= 15 is 0 Å². The van der Waals surface area contributed by atoms with E-state index in [1.807, 2.05) is 6.92 Å². The Kier molecular flexibility index (Phi) is 5.62. The molecule has 2 aromatic carbocycles. The van der Waals surface area contributed by atoms with Crippen LogP contribution in [0.5, 0.6) is 11.5 Å². The molecular formula is C29H28N2O6. The Labute approximate surface area is 214 Å². The van der Waals surface area contributed by atoms with Gasteiger partial charge in [-0.05, 0) is 80.1 Å². The maximum Gasteiger partial charge on any atom is 0.316 e. The highest BCUT2D eigenvalue weighted by Gasteiger charge is 2.59. The number of amides is 3. The number of aryl methyl sites for hydroxylation is 1. The zero-order chi connectivity index (χ0) is 25.8. The summed E-state index contributed by atoms with van der Waals surface area (Å²) < 4.78 is 11.1. The van der Waals surface area contributed by atoms with Gasteiger partial charge in [0, 0.05) is 18.7 Å². The molecule has 0 aromatic heterocycles. The topological polar surface area (TPSA) is 93.2 Å². The number of fused-ring (bicyclic) bond motifs is 5. The molecule has 5 atom stereocenters. The fourth-order valence-electron chi connectivity index (χ4n) is 6.29. The third kappa shape index (κ3) is 3.82. The van der Waals surface area contributed by atoms with Gasteiger partial charge < -0.3 is 14.4 Å². The van der Waals surface area contributed by atoms with E-state index in [0.717, 1.165) is 12.2 Å². The van der Waals surface area contributed by atoms with Crippen molar-refractivity contribution in [2.45, 2.75) is 26.7 Å². The smallest absolute Gasteiger partial charge is 0.316 e. The number of hydrogen-bond donors (Lipinski definition) is 0. The average molecular weight is 501 g/mol. The van der Waals surface area contributed by atoms with Crippen LogP contribution in [0.25, 0.3) is 0 Å². The third-order valence-electron chi connectivity index (χ3n) is 8.02. The molecule has 2 saturated heterocycles. The Bertz CT molecular complexity index is 1300. The zero-order valence-electron chi connectivity index (χ0n) is 20.8. The first-order valence-electron chi connectivity index (χ1n) is 12.8. The van der Waals surface area contributed by atoms with E-state index in [1.165, 1.54) is 4.90 Å². The number of ether oxygens (including phenoxy) is 2. The van der Waals surface area contributed by atoms with Crippen molar-refractivity contribution in [2.75, 3.05) is 23.0 Å². The van der Waals surface area contributed by atoms with Crippen LogP contribution in [0, 0.1) is 36.5 Å². The van der Waals surface area contributed by atoms with Crippen LogP contribution in [0.1, 0.15) is 25.3 Å². The van der Waals surface area contributed by atoms with Gasteiger partial charge in [0.15, 0.2) is 0 Å². The highest BCUT2D eigenvalue weighted by molar-refractivity contribution is 6.23. The van der Waals surface area contributed by atoms with Crippen molar-refractivity contribution in [1.82, 2.24) is 0 Å². The summed E-state index contributed by atoms with van der Waals surface area (Å²) >= 11 is 0. The molecule has 2 bridgehead atoms. The number of nitrogens with zero attached hydrogens (tertiary/aromatic N) is 2. The molecule has 2 heterocycles. The number of allylic oxidation sites excluding steroid dienone is 2. The van der Waals surface area contributed by atoms with E-state index in [-0.39, 0.29) is 54.4 Å². The van der Waals surface area contributed by atoms with Crippen LogP contribution < -0.4 is 19.3 Å². The van der Waals surface area contributed by atoms with Crippen molar-refractivity contribution in [1.29, 1.82) is 0 Å². The van der Waals surface area contributed by atoms with Crippen molar-refractivity contribution < 1.29 is 28.7 Å². The predicted molar refractivity (Wildman–Crippen MR) is 135 cm³/mol. The van der Waals surface area contributed by atoms with Crippen LogP contribution in [0.2, 0.25) is 0 Å². The Balaban J connectivity index is 1.13. The normalized spacial score (nSPS) is 27.8. The molecule has 0 radical (unpaired) electrons. The number of rotatable bonds is 6. The number of carbonyl (C=O) groups is 4. The van der Waals surface area contributed by atoms with Gasteiger partial charge in [0.2, 0.25) is 17.7 Å². The van der Waals surface area contributed by atoms with Gasteiger partial charge in [-0.3, -0.25) is 19.2 Å². The van der Waals surface area contributed by atoms with Gasteiger partial charge in [0.25, 0.3) is 0 Å². The zero-order valence-corrected chi connectivity index (χ0v) is 20.8. The van der Waals surface area contributed by atoms with E-state index in [4.69, 9.17) is 9.47 Å². The van der Waals surface area contributed by atoms with E-state index in [2.05, 4.69) is 12.2 Å². The molecule has 37 heavy (non-hydrogen) atoms. The van der Waals surface area contributed by atoms with Crippen LogP contribution in [-0.4, -0.2) is 36.8 Å². The number of esters is 1. The molecule has 6 rings (SSSR count). The molecule has 190 valence electrons. The van der Waals surface area contributed by atoms with Gasteiger partial charge in [-0.25, -0.2) is 4.90 Å². The first kappa shape index (κ1) is 23.5. The number of imide groups is 1. The van der Waals surface area contributed by atoms with Crippen molar-refractivity contribution >= 4 is 35.1 Å². The minimum atomic E-state index is -0.594. The molecule has 1 saturated carbocycles. The molecule has 0 unspecified atom stereocenters. The first-order chi connectivity index (χ1) is 17.9. The van der Waals surface area contributed by atoms with Crippen LogP contribution in [-0.2, 0) is 19.2 Å². The standard InChI is InChI=1S/C29H28N2O6/c1-3-36-21-8-6-20(7-9-21)30-15-19(14-24(30)32)29(35)37-22-10-11-23(16(2)12-22)31-27(33)25-17-4-5-18(13-17)26(25)28(31)34/h4-12,17-19,25-26H,3,13-15H2,1-2H3/t17-,18-,19+,25-,26-/m0/s1. The molecule has 0 N–H and O–H groups in total. The summed E-state index contributed by atoms with van der Waals surface area (Å²) in [7, 11) is 0. The Hall–Kier alpha value is -3.94. The van der Waals surface area contributed by atoms with Gasteiger partial charge >= 0.3 is 5.97 Å². The minimum absolute atomic E-state index is 0.0685. The summed E-state index contributed by atoms with van der Waals surface area (Å²) in [6.45, 7) is 4.49. The lowest BCUT2D eigenvalue weighted by atomic mass is 9.85. The second kappa shape index (κ2) is 8.87. The van der Waals surface area contributed by atoms with E-state index < -0.39 is 11.9 Å². The highest BCUT2D eigenvalue weighted by Crippen LogP contribution is 2.53. The summed E-state index contributed by atoms with van der Waals surface area (Å²) in [6, 6.07) is 12.1. The second-order valence-electron chi connectivity index (χ2n) is 10.2. The van der Waals surface area contributed by atoms with Crippen molar-refractivity contribution in [2.24, 2.45) is 29.6 Å². The Morgan fingerprint density at radius 2 is 1.59 bits per heavy atom. The van der Waals surface area contributed by atoms with Gasteiger partial charge in [-0.2, -0.15) is 0 Å². The molecule has 4 aliphatic rings. The SMILES string of the molecule is CCOc1ccc(N2C[C@H](C(=O)Oc3ccc(N4C(=O)[C@@H]5[C@@H](C4=O)[C@H]4C=C[C@H]5C4)c(C)c3)CC2=O)cc1.